The van der Waals surface area contributed by atoms with E-state index in [-0.39, 0.29) is 5.97 Å². The maximum Gasteiger partial charge on any atom is 0.337 e. The molecule has 0 aromatic heterocycles. The number of anilines is 1. The first-order valence-electron chi connectivity index (χ1n) is 6.29. The van der Waals surface area contributed by atoms with Crippen molar-refractivity contribution in [1.82, 2.24) is 5.32 Å². The van der Waals surface area contributed by atoms with E-state index in [1.807, 2.05) is 24.3 Å². The van der Waals surface area contributed by atoms with Crippen LogP contribution in [0.5, 0.6) is 0 Å². The van der Waals surface area contributed by atoms with Gasteiger partial charge in [0.25, 0.3) is 0 Å². The number of piperazine rings is 1. The molecule has 0 bridgehead atoms. The number of carbonyl (C=O) groups excluding carboxylic acids is 1. The summed E-state index contributed by atoms with van der Waals surface area (Å²) in [7, 11) is 1.40. The Bertz CT molecular complexity index is 406. The first-order valence-corrected chi connectivity index (χ1v) is 6.29. The van der Waals surface area contributed by atoms with Crippen molar-refractivity contribution in [3.8, 4) is 0 Å². The Hall–Kier alpha value is -1.55. The number of hydrogen-bond donors (Lipinski definition) is 1. The molecule has 0 radical (unpaired) electrons. The minimum Gasteiger partial charge on any atom is -0.465 e. The Balaban J connectivity index is 2.11. The summed E-state index contributed by atoms with van der Waals surface area (Å²) in [4.78, 5) is 13.7. The summed E-state index contributed by atoms with van der Waals surface area (Å²) >= 11 is 0. The van der Waals surface area contributed by atoms with Gasteiger partial charge in [-0.1, -0.05) is 0 Å². The van der Waals surface area contributed by atoms with Crippen LogP contribution in [-0.2, 0) is 4.74 Å². The average Bonchev–Trinajstić information content (AvgIpc) is 2.37. The minimum absolute atomic E-state index is 0.288. The first-order chi connectivity index (χ1) is 8.60. The van der Waals surface area contributed by atoms with Gasteiger partial charge in [-0.2, -0.15) is 0 Å². The summed E-state index contributed by atoms with van der Waals surface area (Å²) in [6.07, 6.45) is 0. The average molecular weight is 248 g/mol. The quantitative estimate of drug-likeness (QED) is 0.808. The Morgan fingerprint density at radius 2 is 1.78 bits per heavy atom. The molecule has 1 aliphatic rings. The van der Waals surface area contributed by atoms with E-state index in [2.05, 4.69) is 24.1 Å². The Kier molecular flexibility index (Phi) is 3.87. The predicted molar refractivity (Wildman–Crippen MR) is 72.1 cm³/mol. The maximum atomic E-state index is 11.4. The van der Waals surface area contributed by atoms with Gasteiger partial charge >= 0.3 is 5.97 Å². The third kappa shape index (κ3) is 2.82. The van der Waals surface area contributed by atoms with E-state index in [9.17, 15) is 4.79 Å². The highest BCUT2D eigenvalue weighted by Gasteiger charge is 2.21. The van der Waals surface area contributed by atoms with Crippen molar-refractivity contribution in [3.63, 3.8) is 0 Å². The topological polar surface area (TPSA) is 41.6 Å². The molecule has 4 nitrogen and oxygen atoms in total. The molecular weight excluding hydrogens is 228 g/mol. The van der Waals surface area contributed by atoms with E-state index < -0.39 is 0 Å². The van der Waals surface area contributed by atoms with Crippen molar-refractivity contribution >= 4 is 11.7 Å². The molecule has 1 saturated heterocycles. The Morgan fingerprint density at radius 1 is 1.22 bits per heavy atom. The van der Waals surface area contributed by atoms with Gasteiger partial charge in [-0.15, -0.1) is 0 Å². The Morgan fingerprint density at radius 3 is 2.28 bits per heavy atom. The molecule has 18 heavy (non-hydrogen) atoms. The summed E-state index contributed by atoms with van der Waals surface area (Å²) in [6.45, 7) is 6.35. The number of benzene rings is 1. The molecule has 1 fully saturated rings. The van der Waals surface area contributed by atoms with Gasteiger partial charge in [-0.05, 0) is 38.1 Å². The largest absolute Gasteiger partial charge is 0.465 e. The lowest BCUT2D eigenvalue weighted by Crippen LogP contribution is -2.54. The fraction of sp³-hybridized carbons (Fsp3) is 0.500. The molecular formula is C14H20N2O2. The second kappa shape index (κ2) is 5.40. The van der Waals surface area contributed by atoms with Gasteiger partial charge in [-0.3, -0.25) is 0 Å². The molecule has 1 aromatic rings. The number of ether oxygens (including phenoxy) is 1. The number of hydrogen-bond acceptors (Lipinski definition) is 4. The van der Waals surface area contributed by atoms with Crippen LogP contribution in [0, 0.1) is 0 Å². The van der Waals surface area contributed by atoms with Crippen LogP contribution in [0.1, 0.15) is 24.2 Å². The highest BCUT2D eigenvalue weighted by molar-refractivity contribution is 5.89. The van der Waals surface area contributed by atoms with Crippen molar-refractivity contribution in [3.05, 3.63) is 29.8 Å². The second-order valence-corrected chi connectivity index (χ2v) is 4.91. The number of nitrogens with zero attached hydrogens (tertiary/aromatic N) is 1. The molecule has 1 aromatic carbocycles. The van der Waals surface area contributed by atoms with E-state index in [1.165, 1.54) is 7.11 Å². The van der Waals surface area contributed by atoms with Crippen LogP contribution >= 0.6 is 0 Å². The molecule has 4 heteroatoms. The maximum absolute atomic E-state index is 11.4. The van der Waals surface area contributed by atoms with Crippen LogP contribution in [0.3, 0.4) is 0 Å². The zero-order valence-electron chi connectivity index (χ0n) is 11.1. The van der Waals surface area contributed by atoms with Gasteiger partial charge in [0.05, 0.1) is 12.7 Å². The molecule has 0 amide bonds. The van der Waals surface area contributed by atoms with Crippen molar-refractivity contribution in [1.29, 1.82) is 0 Å². The number of rotatable bonds is 2. The zero-order valence-corrected chi connectivity index (χ0v) is 11.1. The van der Waals surface area contributed by atoms with E-state index in [4.69, 9.17) is 4.74 Å². The van der Waals surface area contributed by atoms with Gasteiger partial charge in [0.1, 0.15) is 0 Å². The standard InChI is InChI=1S/C14H20N2O2/c1-10-8-16(9-11(2)15-10)13-6-4-12(5-7-13)14(17)18-3/h4-7,10-11,15H,8-9H2,1-3H3/t10-,11-/m1/s1. The van der Waals surface area contributed by atoms with Crippen molar-refractivity contribution < 1.29 is 9.53 Å². The van der Waals surface area contributed by atoms with Gasteiger partial charge in [-0.25, -0.2) is 4.79 Å². The number of esters is 1. The van der Waals surface area contributed by atoms with E-state index >= 15 is 0 Å². The third-order valence-corrected chi connectivity index (χ3v) is 3.21. The van der Waals surface area contributed by atoms with Crippen LogP contribution < -0.4 is 10.2 Å². The van der Waals surface area contributed by atoms with E-state index in [0.29, 0.717) is 17.6 Å². The highest BCUT2D eigenvalue weighted by atomic mass is 16.5. The molecule has 98 valence electrons. The lowest BCUT2D eigenvalue weighted by molar-refractivity contribution is 0.0601. The molecule has 0 spiro atoms. The number of carbonyl (C=O) groups is 1. The minimum atomic E-state index is -0.288. The molecule has 1 N–H and O–H groups in total. The van der Waals surface area contributed by atoms with Crippen LogP contribution in [0.25, 0.3) is 0 Å². The smallest absolute Gasteiger partial charge is 0.337 e. The predicted octanol–water partition coefficient (Wildman–Crippen LogP) is 1.66. The molecule has 0 saturated carbocycles. The van der Waals surface area contributed by atoms with Crippen molar-refractivity contribution in [2.24, 2.45) is 0 Å². The molecule has 0 unspecified atom stereocenters. The normalized spacial score (nSPS) is 23.8. The summed E-state index contributed by atoms with van der Waals surface area (Å²) in [6, 6.07) is 8.56. The van der Waals surface area contributed by atoms with Crippen LogP contribution in [0.15, 0.2) is 24.3 Å². The van der Waals surface area contributed by atoms with Gasteiger partial charge in [0.2, 0.25) is 0 Å². The van der Waals surface area contributed by atoms with Gasteiger partial charge in [0.15, 0.2) is 0 Å². The SMILES string of the molecule is COC(=O)c1ccc(N2C[C@@H](C)N[C@H](C)C2)cc1. The summed E-state index contributed by atoms with van der Waals surface area (Å²) in [5, 5.41) is 3.50. The molecule has 0 aliphatic carbocycles. The molecule has 1 heterocycles. The zero-order chi connectivity index (χ0) is 13.1. The van der Waals surface area contributed by atoms with Crippen LogP contribution in [0.2, 0.25) is 0 Å². The lowest BCUT2D eigenvalue weighted by Gasteiger charge is -2.37. The number of nitrogens with one attached hydrogen (secondary N) is 1. The fourth-order valence-electron chi connectivity index (χ4n) is 2.46. The second-order valence-electron chi connectivity index (χ2n) is 4.91. The summed E-state index contributed by atoms with van der Waals surface area (Å²) < 4.78 is 4.69. The van der Waals surface area contributed by atoms with Gasteiger partial charge < -0.3 is 15.0 Å². The van der Waals surface area contributed by atoms with Crippen LogP contribution in [-0.4, -0.2) is 38.3 Å². The lowest BCUT2D eigenvalue weighted by atomic mass is 10.1. The molecule has 1 aliphatic heterocycles. The Labute approximate surface area is 108 Å². The number of methoxy groups -OCH3 is 1. The van der Waals surface area contributed by atoms with Crippen molar-refractivity contribution in [2.75, 3.05) is 25.1 Å². The summed E-state index contributed by atoms with van der Waals surface area (Å²) in [5.41, 5.74) is 1.75. The molecule has 2 atom stereocenters. The summed E-state index contributed by atoms with van der Waals surface area (Å²) in [5.74, 6) is -0.288. The first kappa shape index (κ1) is 12.9. The molecule has 2 rings (SSSR count). The van der Waals surface area contributed by atoms with E-state index in [0.717, 1.165) is 18.8 Å². The third-order valence-electron chi connectivity index (χ3n) is 3.21. The monoisotopic (exact) mass is 248 g/mol. The van der Waals surface area contributed by atoms with Crippen molar-refractivity contribution in [2.45, 2.75) is 25.9 Å². The highest BCUT2D eigenvalue weighted by Crippen LogP contribution is 2.18. The van der Waals surface area contributed by atoms with E-state index in [1.54, 1.807) is 0 Å². The van der Waals surface area contributed by atoms with Gasteiger partial charge in [0, 0.05) is 30.9 Å². The van der Waals surface area contributed by atoms with Crippen LogP contribution in [0.4, 0.5) is 5.69 Å². The fourth-order valence-corrected chi connectivity index (χ4v) is 2.46.